The lowest BCUT2D eigenvalue weighted by atomic mass is 10.1. The molecule has 0 N–H and O–H groups in total. The Morgan fingerprint density at radius 1 is 1.33 bits per heavy atom. The summed E-state index contributed by atoms with van der Waals surface area (Å²) in [7, 11) is -1.93. The van der Waals surface area contributed by atoms with Gasteiger partial charge in [-0.15, -0.1) is 11.3 Å². The lowest BCUT2D eigenvalue weighted by Gasteiger charge is -2.26. The van der Waals surface area contributed by atoms with Crippen LogP contribution in [0.1, 0.15) is 10.4 Å². The predicted octanol–water partition coefficient (Wildman–Crippen LogP) is 3.27. The highest BCUT2D eigenvalue weighted by Gasteiger charge is 2.29. The maximum atomic E-state index is 12.7. The predicted molar refractivity (Wildman–Crippen MR) is 86.3 cm³/mol. The highest BCUT2D eigenvalue weighted by molar-refractivity contribution is 9.10. The monoisotopic (exact) mass is 387 g/mol. The third kappa shape index (κ3) is 2.75. The number of hydrogen-bond donors (Lipinski definition) is 0. The van der Waals surface area contributed by atoms with Crippen LogP contribution >= 0.6 is 27.3 Å². The molecule has 0 atom stereocenters. The molecule has 7 heteroatoms. The largest absolute Gasteiger partial charge is 0.496 e. The van der Waals surface area contributed by atoms with E-state index >= 15 is 0 Å². The van der Waals surface area contributed by atoms with Crippen LogP contribution in [0.25, 0.3) is 0 Å². The van der Waals surface area contributed by atoms with E-state index in [4.69, 9.17) is 4.74 Å². The Hall–Kier alpha value is -0.890. The van der Waals surface area contributed by atoms with Crippen molar-refractivity contribution in [3.63, 3.8) is 0 Å². The van der Waals surface area contributed by atoms with Gasteiger partial charge in [0.25, 0.3) is 0 Å². The summed E-state index contributed by atoms with van der Waals surface area (Å²) in [5.41, 5.74) is 1.11. The Morgan fingerprint density at radius 3 is 2.86 bits per heavy atom. The Kier molecular flexibility index (Phi) is 4.09. The average molecular weight is 388 g/mol. The number of sulfonamides is 1. The Balaban J connectivity index is 1.93. The molecule has 0 bridgehead atoms. The van der Waals surface area contributed by atoms with E-state index in [0.717, 1.165) is 12.0 Å². The second kappa shape index (κ2) is 5.72. The quantitative estimate of drug-likeness (QED) is 0.811. The van der Waals surface area contributed by atoms with Crippen molar-refractivity contribution in [2.45, 2.75) is 17.9 Å². The van der Waals surface area contributed by atoms with Crippen molar-refractivity contribution in [2.24, 2.45) is 0 Å². The van der Waals surface area contributed by atoms with E-state index in [2.05, 4.69) is 15.9 Å². The number of nitrogens with zero attached hydrogens (tertiary/aromatic N) is 1. The van der Waals surface area contributed by atoms with Crippen LogP contribution in [0.15, 0.2) is 39.0 Å². The second-order valence-electron chi connectivity index (χ2n) is 4.75. The van der Waals surface area contributed by atoms with E-state index in [1.54, 1.807) is 36.6 Å². The molecule has 1 aliphatic rings. The number of halogens is 1. The minimum atomic E-state index is -3.48. The van der Waals surface area contributed by atoms with Crippen molar-refractivity contribution in [3.8, 4) is 5.75 Å². The molecule has 21 heavy (non-hydrogen) atoms. The molecule has 2 heterocycles. The summed E-state index contributed by atoms with van der Waals surface area (Å²) in [5.74, 6) is 0.618. The molecule has 1 aromatic heterocycles. The van der Waals surface area contributed by atoms with Crippen molar-refractivity contribution < 1.29 is 13.2 Å². The van der Waals surface area contributed by atoms with Crippen LogP contribution in [0, 0.1) is 0 Å². The van der Waals surface area contributed by atoms with Crippen LogP contribution in [0.5, 0.6) is 5.75 Å². The van der Waals surface area contributed by atoms with E-state index in [1.807, 2.05) is 11.4 Å². The summed E-state index contributed by atoms with van der Waals surface area (Å²) in [6, 6.07) is 6.85. The number of fused-ring (bicyclic) bond motifs is 1. The third-order valence-electron chi connectivity index (χ3n) is 3.53. The van der Waals surface area contributed by atoms with E-state index in [9.17, 15) is 8.42 Å². The molecule has 0 spiro atoms. The summed E-state index contributed by atoms with van der Waals surface area (Å²) in [6.45, 7) is 0.976. The maximum Gasteiger partial charge on any atom is 0.243 e. The van der Waals surface area contributed by atoms with Crippen LogP contribution in [-0.2, 0) is 23.0 Å². The van der Waals surface area contributed by atoms with E-state index in [1.165, 1.54) is 9.18 Å². The third-order valence-corrected chi connectivity index (χ3v) is 7.02. The fraction of sp³-hybridized carbons (Fsp3) is 0.286. The van der Waals surface area contributed by atoms with Crippen molar-refractivity contribution in [2.75, 3.05) is 13.7 Å². The van der Waals surface area contributed by atoms with Crippen molar-refractivity contribution in [1.29, 1.82) is 0 Å². The molecule has 0 amide bonds. The molecule has 1 aliphatic heterocycles. The summed E-state index contributed by atoms with van der Waals surface area (Å²) in [6.07, 6.45) is 0.781. The summed E-state index contributed by atoms with van der Waals surface area (Å²) in [4.78, 5) is 1.58. The molecule has 0 radical (unpaired) electrons. The maximum absolute atomic E-state index is 12.7. The van der Waals surface area contributed by atoms with E-state index in [0.29, 0.717) is 23.3 Å². The highest BCUT2D eigenvalue weighted by Crippen LogP contribution is 2.31. The number of methoxy groups -OCH3 is 1. The molecule has 3 rings (SSSR count). The molecular formula is C14H14BrNO3S2. The Bertz CT molecular complexity index is 770. The first-order valence-electron chi connectivity index (χ1n) is 6.41. The van der Waals surface area contributed by atoms with Gasteiger partial charge in [-0.1, -0.05) is 0 Å². The van der Waals surface area contributed by atoms with Crippen molar-refractivity contribution in [3.05, 3.63) is 44.6 Å². The van der Waals surface area contributed by atoms with Crippen LogP contribution in [-0.4, -0.2) is 26.4 Å². The minimum Gasteiger partial charge on any atom is -0.496 e. The SMILES string of the molecule is COc1ccc(S(=O)(=O)N2CCc3sccc3C2)cc1Br. The van der Waals surface area contributed by atoms with Crippen LogP contribution < -0.4 is 4.74 Å². The van der Waals surface area contributed by atoms with Gasteiger partial charge in [0, 0.05) is 18.0 Å². The first-order chi connectivity index (χ1) is 10.0. The topological polar surface area (TPSA) is 46.6 Å². The molecule has 0 aliphatic carbocycles. The molecule has 0 unspecified atom stereocenters. The first kappa shape index (κ1) is 15.0. The van der Waals surface area contributed by atoms with Gasteiger partial charge in [0.1, 0.15) is 5.75 Å². The molecule has 112 valence electrons. The average Bonchev–Trinajstić information content (AvgIpc) is 2.94. The van der Waals surface area contributed by atoms with Gasteiger partial charge in [0.15, 0.2) is 0 Å². The molecule has 1 aromatic carbocycles. The summed E-state index contributed by atoms with van der Waals surface area (Å²) < 4.78 is 32.8. The smallest absolute Gasteiger partial charge is 0.243 e. The van der Waals surface area contributed by atoms with Gasteiger partial charge in [0.05, 0.1) is 16.5 Å². The lowest BCUT2D eigenvalue weighted by molar-refractivity contribution is 0.393. The summed E-state index contributed by atoms with van der Waals surface area (Å²) in [5, 5.41) is 2.02. The minimum absolute atomic E-state index is 0.286. The Morgan fingerprint density at radius 2 is 2.14 bits per heavy atom. The Labute approximate surface area is 136 Å². The molecule has 0 saturated carbocycles. The highest BCUT2D eigenvalue weighted by atomic mass is 79.9. The number of rotatable bonds is 3. The van der Waals surface area contributed by atoms with Gasteiger partial charge < -0.3 is 4.74 Å². The number of hydrogen-bond acceptors (Lipinski definition) is 4. The van der Waals surface area contributed by atoms with Gasteiger partial charge in [-0.2, -0.15) is 4.31 Å². The molecule has 4 nitrogen and oxygen atoms in total. The van der Waals surface area contributed by atoms with Gasteiger partial charge in [-0.25, -0.2) is 8.42 Å². The molecule has 0 saturated heterocycles. The number of ether oxygens (including phenoxy) is 1. The zero-order chi connectivity index (χ0) is 15.0. The van der Waals surface area contributed by atoms with Gasteiger partial charge in [-0.05, 0) is 57.6 Å². The van der Waals surface area contributed by atoms with Crippen LogP contribution in [0.4, 0.5) is 0 Å². The standard InChI is InChI=1S/C14H14BrNO3S2/c1-19-13-3-2-11(8-12(13)15)21(17,18)16-6-4-14-10(9-16)5-7-20-14/h2-3,5,7-8H,4,6,9H2,1H3. The van der Waals surface area contributed by atoms with Crippen molar-refractivity contribution >= 4 is 37.3 Å². The zero-order valence-corrected chi connectivity index (χ0v) is 14.6. The molecule has 0 fully saturated rings. The number of benzene rings is 1. The van der Waals surface area contributed by atoms with Gasteiger partial charge in [-0.3, -0.25) is 0 Å². The number of thiophene rings is 1. The van der Waals surface area contributed by atoms with E-state index in [-0.39, 0.29) is 4.90 Å². The van der Waals surface area contributed by atoms with Gasteiger partial charge in [0.2, 0.25) is 10.0 Å². The first-order valence-corrected chi connectivity index (χ1v) is 9.52. The zero-order valence-electron chi connectivity index (χ0n) is 11.4. The fourth-order valence-electron chi connectivity index (χ4n) is 2.38. The normalized spacial score (nSPS) is 15.7. The van der Waals surface area contributed by atoms with Crippen LogP contribution in [0.2, 0.25) is 0 Å². The van der Waals surface area contributed by atoms with E-state index < -0.39 is 10.0 Å². The van der Waals surface area contributed by atoms with Crippen LogP contribution in [0.3, 0.4) is 0 Å². The summed E-state index contributed by atoms with van der Waals surface area (Å²) >= 11 is 5.03. The van der Waals surface area contributed by atoms with Gasteiger partial charge >= 0.3 is 0 Å². The van der Waals surface area contributed by atoms with Crippen molar-refractivity contribution in [1.82, 2.24) is 4.31 Å². The molecule has 2 aromatic rings. The fourth-order valence-corrected chi connectivity index (χ4v) is 5.41. The molecular weight excluding hydrogens is 374 g/mol. The second-order valence-corrected chi connectivity index (χ2v) is 8.55. The lowest BCUT2D eigenvalue weighted by Crippen LogP contribution is -2.35.